The second-order valence-corrected chi connectivity index (χ2v) is 8.86. The Morgan fingerprint density at radius 1 is 1.03 bits per heavy atom. The van der Waals surface area contributed by atoms with E-state index in [0.29, 0.717) is 19.6 Å². The van der Waals surface area contributed by atoms with E-state index in [2.05, 4.69) is 50.9 Å². The molecule has 2 aliphatic heterocycles. The summed E-state index contributed by atoms with van der Waals surface area (Å²) in [5.74, 6) is 7.26. The average molecular weight is 471 g/mol. The number of methoxy groups -OCH3 is 1. The first kappa shape index (κ1) is 23.2. The summed E-state index contributed by atoms with van der Waals surface area (Å²) in [7, 11) is 1.65. The van der Waals surface area contributed by atoms with Gasteiger partial charge in [-0.2, -0.15) is 0 Å². The molecule has 2 aliphatic rings. The van der Waals surface area contributed by atoms with Crippen LogP contribution in [-0.2, 0) is 24.2 Å². The van der Waals surface area contributed by atoms with Gasteiger partial charge >= 0.3 is 0 Å². The summed E-state index contributed by atoms with van der Waals surface area (Å²) in [6.45, 7) is 5.91. The van der Waals surface area contributed by atoms with Gasteiger partial charge in [-0.3, -0.25) is 14.3 Å². The summed E-state index contributed by atoms with van der Waals surface area (Å²) >= 11 is 0. The van der Waals surface area contributed by atoms with Gasteiger partial charge in [0.05, 0.1) is 51.0 Å². The Balaban J connectivity index is 1.24. The fourth-order valence-corrected chi connectivity index (χ4v) is 4.51. The molecule has 0 aliphatic carbocycles. The first-order valence-corrected chi connectivity index (χ1v) is 12.0. The number of hydrogen-bond acceptors (Lipinski definition) is 6. The van der Waals surface area contributed by atoms with Crippen molar-refractivity contribution in [1.29, 1.82) is 0 Å². The number of anilines is 1. The molecule has 0 amide bonds. The fraction of sp³-hybridized carbons (Fsp3) is 0.357. The molecule has 0 atom stereocenters. The van der Waals surface area contributed by atoms with Crippen molar-refractivity contribution in [2.75, 3.05) is 51.4 Å². The van der Waals surface area contributed by atoms with E-state index in [1.807, 2.05) is 24.3 Å². The van der Waals surface area contributed by atoms with E-state index in [0.717, 1.165) is 67.4 Å². The fourth-order valence-electron chi connectivity index (χ4n) is 4.51. The highest BCUT2D eigenvalue weighted by atomic mass is 16.5. The quantitative estimate of drug-likeness (QED) is 0.535. The van der Waals surface area contributed by atoms with E-state index in [4.69, 9.17) is 9.47 Å². The molecular weight excluding hydrogens is 440 g/mol. The van der Waals surface area contributed by atoms with Crippen LogP contribution in [-0.4, -0.2) is 61.0 Å². The Labute approximate surface area is 205 Å². The summed E-state index contributed by atoms with van der Waals surface area (Å²) in [4.78, 5) is 22.4. The van der Waals surface area contributed by atoms with Gasteiger partial charge in [0.15, 0.2) is 0 Å². The zero-order valence-electron chi connectivity index (χ0n) is 20.1. The summed E-state index contributed by atoms with van der Waals surface area (Å²) in [5.41, 5.74) is 4.97. The predicted molar refractivity (Wildman–Crippen MR) is 136 cm³/mol. The first-order valence-electron chi connectivity index (χ1n) is 12.0. The first-order chi connectivity index (χ1) is 17.2. The SMILES string of the molecule is COc1ccc(C#CCN2CCc3ncn(Cc4ccc(N5CCOCC5)cc4)c(=O)c3C2)cc1. The maximum atomic E-state index is 13.3. The Morgan fingerprint density at radius 2 is 1.80 bits per heavy atom. The average Bonchev–Trinajstić information content (AvgIpc) is 2.92. The van der Waals surface area contributed by atoms with E-state index in [9.17, 15) is 4.79 Å². The van der Waals surface area contributed by atoms with Gasteiger partial charge in [-0.1, -0.05) is 24.0 Å². The van der Waals surface area contributed by atoms with Crippen LogP contribution in [0.3, 0.4) is 0 Å². The number of ether oxygens (including phenoxy) is 2. The maximum Gasteiger partial charge on any atom is 0.258 e. The number of nitrogens with zero attached hydrogens (tertiary/aromatic N) is 4. The van der Waals surface area contributed by atoms with E-state index in [-0.39, 0.29) is 5.56 Å². The summed E-state index contributed by atoms with van der Waals surface area (Å²) in [5, 5.41) is 0. The van der Waals surface area contributed by atoms with Crippen molar-refractivity contribution >= 4 is 5.69 Å². The van der Waals surface area contributed by atoms with Crippen LogP contribution >= 0.6 is 0 Å². The monoisotopic (exact) mass is 470 g/mol. The van der Waals surface area contributed by atoms with Crippen molar-refractivity contribution in [3.8, 4) is 17.6 Å². The Bertz CT molecular complexity index is 1270. The second-order valence-electron chi connectivity index (χ2n) is 8.86. The molecule has 0 bridgehead atoms. The molecule has 0 radical (unpaired) electrons. The minimum atomic E-state index is 0.0417. The van der Waals surface area contributed by atoms with Gasteiger partial charge in [0.2, 0.25) is 0 Å². The Kier molecular flexibility index (Phi) is 7.12. The predicted octanol–water partition coefficient (Wildman–Crippen LogP) is 2.55. The molecule has 7 nitrogen and oxygen atoms in total. The van der Waals surface area contributed by atoms with Crippen LogP contribution in [0.15, 0.2) is 59.7 Å². The highest BCUT2D eigenvalue weighted by Crippen LogP contribution is 2.18. The van der Waals surface area contributed by atoms with Crippen molar-refractivity contribution < 1.29 is 9.47 Å². The van der Waals surface area contributed by atoms with E-state index < -0.39 is 0 Å². The van der Waals surface area contributed by atoms with Crippen LogP contribution in [0.1, 0.15) is 22.4 Å². The number of morpholine rings is 1. The number of rotatable bonds is 5. The number of aromatic nitrogens is 2. The highest BCUT2D eigenvalue weighted by Gasteiger charge is 2.21. The molecule has 0 unspecified atom stereocenters. The molecule has 1 aromatic heterocycles. The van der Waals surface area contributed by atoms with Crippen molar-refractivity contribution in [1.82, 2.24) is 14.5 Å². The lowest BCUT2D eigenvalue weighted by Gasteiger charge is -2.29. The lowest BCUT2D eigenvalue weighted by atomic mass is 10.1. The zero-order chi connectivity index (χ0) is 24.0. The molecule has 2 aromatic carbocycles. The standard InChI is InChI=1S/C28H30N4O3/c1-34-25-10-6-22(7-11-25)3-2-13-30-14-12-27-26(20-30)28(33)32(21-29-27)19-23-4-8-24(9-5-23)31-15-17-35-18-16-31/h4-11,21H,12-20H2,1H3. The third-order valence-corrected chi connectivity index (χ3v) is 6.56. The molecular formula is C28H30N4O3. The minimum Gasteiger partial charge on any atom is -0.497 e. The summed E-state index contributed by atoms with van der Waals surface area (Å²) in [6.07, 6.45) is 2.46. The van der Waals surface area contributed by atoms with Gasteiger partial charge in [0.1, 0.15) is 5.75 Å². The third-order valence-electron chi connectivity index (χ3n) is 6.56. The van der Waals surface area contributed by atoms with Crippen LogP contribution in [0, 0.1) is 11.8 Å². The molecule has 7 heteroatoms. The normalized spacial score (nSPS) is 15.7. The molecule has 1 saturated heterocycles. The summed E-state index contributed by atoms with van der Waals surface area (Å²) in [6, 6.07) is 16.2. The Hall–Kier alpha value is -3.60. The number of hydrogen-bond donors (Lipinski definition) is 0. The molecule has 3 heterocycles. The van der Waals surface area contributed by atoms with Gasteiger partial charge in [-0.15, -0.1) is 0 Å². The molecule has 180 valence electrons. The molecule has 0 N–H and O–H groups in total. The second kappa shape index (κ2) is 10.8. The number of benzene rings is 2. The van der Waals surface area contributed by atoms with Crippen LogP contribution < -0.4 is 15.2 Å². The molecule has 1 fully saturated rings. The van der Waals surface area contributed by atoms with Gasteiger partial charge in [0, 0.05) is 43.9 Å². The lowest BCUT2D eigenvalue weighted by molar-refractivity contribution is 0.122. The zero-order valence-corrected chi connectivity index (χ0v) is 20.1. The van der Waals surface area contributed by atoms with E-state index in [1.165, 1.54) is 5.69 Å². The minimum absolute atomic E-state index is 0.0417. The van der Waals surface area contributed by atoms with E-state index in [1.54, 1.807) is 18.0 Å². The van der Waals surface area contributed by atoms with Crippen molar-refractivity contribution in [2.24, 2.45) is 0 Å². The van der Waals surface area contributed by atoms with Crippen LogP contribution in [0.25, 0.3) is 0 Å². The van der Waals surface area contributed by atoms with Crippen LogP contribution in [0.2, 0.25) is 0 Å². The maximum absolute atomic E-state index is 13.3. The van der Waals surface area contributed by atoms with Crippen LogP contribution in [0.4, 0.5) is 5.69 Å². The largest absolute Gasteiger partial charge is 0.497 e. The molecule has 0 spiro atoms. The molecule has 3 aromatic rings. The smallest absolute Gasteiger partial charge is 0.258 e. The van der Waals surface area contributed by atoms with Gasteiger partial charge in [0.25, 0.3) is 5.56 Å². The van der Waals surface area contributed by atoms with Gasteiger partial charge < -0.3 is 14.4 Å². The van der Waals surface area contributed by atoms with Gasteiger partial charge in [-0.25, -0.2) is 4.98 Å². The topological polar surface area (TPSA) is 59.8 Å². The van der Waals surface area contributed by atoms with Crippen molar-refractivity contribution in [2.45, 2.75) is 19.5 Å². The van der Waals surface area contributed by atoms with Crippen molar-refractivity contribution in [3.63, 3.8) is 0 Å². The van der Waals surface area contributed by atoms with E-state index >= 15 is 0 Å². The summed E-state index contributed by atoms with van der Waals surface area (Å²) < 4.78 is 12.3. The number of fused-ring (bicyclic) bond motifs is 1. The molecule has 0 saturated carbocycles. The van der Waals surface area contributed by atoms with Gasteiger partial charge in [-0.05, 0) is 42.0 Å². The highest BCUT2D eigenvalue weighted by molar-refractivity contribution is 5.48. The Morgan fingerprint density at radius 3 is 2.54 bits per heavy atom. The third kappa shape index (κ3) is 5.56. The van der Waals surface area contributed by atoms with Crippen LogP contribution in [0.5, 0.6) is 5.75 Å². The van der Waals surface area contributed by atoms with Crippen molar-refractivity contribution in [3.05, 3.63) is 87.6 Å². The molecule has 35 heavy (non-hydrogen) atoms. The molecule has 5 rings (SSSR count). The lowest BCUT2D eigenvalue weighted by Crippen LogP contribution is -2.38.